The SMILES string of the molecule is CCN(C(=O)c1ccc(F)cc1F)c1cccc(C(=O)Nc2c(O)cc(C(F)(C(F)(F)F)C(F)(F)F)cc2OC(F)F)c1F. The molecule has 0 aliphatic rings. The Morgan fingerprint density at radius 2 is 1.52 bits per heavy atom. The van der Waals surface area contributed by atoms with Crippen molar-refractivity contribution in [2.45, 2.75) is 31.6 Å². The number of benzene rings is 3. The normalized spacial score (nSPS) is 12.3. The molecule has 0 saturated heterocycles. The number of alkyl halides is 9. The number of hydrogen-bond donors (Lipinski definition) is 2. The van der Waals surface area contributed by atoms with Crippen LogP contribution in [0.5, 0.6) is 11.5 Å². The fourth-order valence-corrected chi connectivity index (χ4v) is 3.92. The number of rotatable bonds is 8. The van der Waals surface area contributed by atoms with Gasteiger partial charge in [0.25, 0.3) is 11.8 Å². The molecule has 2 N–H and O–H groups in total. The van der Waals surface area contributed by atoms with Crippen molar-refractivity contribution in [2.24, 2.45) is 0 Å². The lowest BCUT2D eigenvalue weighted by atomic mass is 9.93. The number of carbonyl (C=O) groups is 2. The molecule has 0 fully saturated rings. The highest BCUT2D eigenvalue weighted by atomic mass is 19.4. The number of hydrogen-bond acceptors (Lipinski definition) is 4. The molecule has 0 aromatic heterocycles. The van der Waals surface area contributed by atoms with E-state index in [9.17, 15) is 63.0 Å². The Labute approximate surface area is 238 Å². The third-order valence-corrected chi connectivity index (χ3v) is 5.95. The smallest absolute Gasteiger partial charge is 0.435 e. The van der Waals surface area contributed by atoms with Crippen molar-refractivity contribution >= 4 is 23.2 Å². The van der Waals surface area contributed by atoms with Crippen LogP contribution in [0.25, 0.3) is 0 Å². The number of carbonyl (C=O) groups excluding carboxylic acids is 2. The topological polar surface area (TPSA) is 78.9 Å². The van der Waals surface area contributed by atoms with Gasteiger partial charge in [-0.05, 0) is 43.3 Å². The van der Waals surface area contributed by atoms with Crippen LogP contribution in [0.1, 0.15) is 33.2 Å². The highest BCUT2D eigenvalue weighted by Crippen LogP contribution is 2.55. The molecule has 0 saturated carbocycles. The summed E-state index contributed by atoms with van der Waals surface area (Å²) in [5.41, 5.74) is -12.5. The van der Waals surface area contributed by atoms with Gasteiger partial charge in [-0.15, -0.1) is 0 Å². The van der Waals surface area contributed by atoms with Crippen molar-refractivity contribution in [1.29, 1.82) is 0 Å². The molecule has 238 valence electrons. The van der Waals surface area contributed by atoms with E-state index < -0.39 is 106 Å². The van der Waals surface area contributed by atoms with E-state index in [0.29, 0.717) is 11.0 Å². The van der Waals surface area contributed by atoms with Crippen molar-refractivity contribution in [2.75, 3.05) is 16.8 Å². The zero-order chi connectivity index (χ0) is 33.4. The summed E-state index contributed by atoms with van der Waals surface area (Å²) in [6, 6.07) is 3.52. The first-order valence-electron chi connectivity index (χ1n) is 11.8. The maximum Gasteiger partial charge on any atom is 0.435 e. The Balaban J connectivity index is 2.08. The van der Waals surface area contributed by atoms with Crippen molar-refractivity contribution < 1.29 is 72.1 Å². The maximum atomic E-state index is 15.5. The Morgan fingerprint density at radius 3 is 2.05 bits per heavy atom. The number of phenolic OH excluding ortho intramolecular Hbond substituents is 1. The van der Waals surface area contributed by atoms with Crippen LogP contribution in [0, 0.1) is 17.5 Å². The van der Waals surface area contributed by atoms with Gasteiger partial charge in [0, 0.05) is 18.2 Å². The summed E-state index contributed by atoms with van der Waals surface area (Å²) < 4.78 is 166. The molecule has 0 bridgehead atoms. The van der Waals surface area contributed by atoms with Crippen LogP contribution in [-0.2, 0) is 5.67 Å². The number of amides is 2. The second kappa shape index (κ2) is 12.2. The van der Waals surface area contributed by atoms with Crippen LogP contribution in [0.2, 0.25) is 0 Å². The zero-order valence-electron chi connectivity index (χ0n) is 21.6. The van der Waals surface area contributed by atoms with Gasteiger partial charge in [0.1, 0.15) is 23.1 Å². The molecule has 2 amide bonds. The summed E-state index contributed by atoms with van der Waals surface area (Å²) in [5, 5.41) is 11.7. The molecular weight excluding hydrogens is 632 g/mol. The summed E-state index contributed by atoms with van der Waals surface area (Å²) >= 11 is 0. The summed E-state index contributed by atoms with van der Waals surface area (Å²) in [4.78, 5) is 26.3. The van der Waals surface area contributed by atoms with Gasteiger partial charge in [-0.2, -0.15) is 35.1 Å². The van der Waals surface area contributed by atoms with Gasteiger partial charge < -0.3 is 20.1 Å². The average molecular weight is 648 g/mol. The van der Waals surface area contributed by atoms with E-state index >= 15 is 4.39 Å². The average Bonchev–Trinajstić information content (AvgIpc) is 2.89. The highest BCUT2D eigenvalue weighted by Gasteiger charge is 2.73. The standard InChI is InChI=1S/C26H16F12N2O4/c1-2-40(22(43)13-7-6-12(27)10-15(13)28)16-5-3-4-14(19(16)29)21(42)39-20-17(41)8-11(9-18(20)44-23(30)31)24(32,25(33,34)35)26(36,37)38/h3-10,23,41H,2H2,1H3,(H,39,42). The molecule has 0 spiro atoms. The van der Waals surface area contributed by atoms with Gasteiger partial charge in [-0.25, -0.2) is 17.6 Å². The molecule has 0 aliphatic carbocycles. The van der Waals surface area contributed by atoms with E-state index in [1.165, 1.54) is 6.92 Å². The first-order chi connectivity index (χ1) is 20.2. The van der Waals surface area contributed by atoms with Crippen LogP contribution >= 0.6 is 0 Å². The van der Waals surface area contributed by atoms with Crippen LogP contribution in [0.3, 0.4) is 0 Å². The Kier molecular flexibility index (Phi) is 9.36. The van der Waals surface area contributed by atoms with Gasteiger partial charge in [-0.3, -0.25) is 9.59 Å². The molecule has 0 atom stereocenters. The fraction of sp³-hybridized carbons (Fsp3) is 0.231. The van der Waals surface area contributed by atoms with E-state index in [1.54, 1.807) is 5.32 Å². The second-order valence-electron chi connectivity index (χ2n) is 8.67. The van der Waals surface area contributed by atoms with Crippen LogP contribution in [-0.4, -0.2) is 42.4 Å². The highest BCUT2D eigenvalue weighted by molar-refractivity contribution is 6.09. The first-order valence-corrected chi connectivity index (χ1v) is 11.8. The van der Waals surface area contributed by atoms with Gasteiger partial charge in [-0.1, -0.05) is 6.07 Å². The van der Waals surface area contributed by atoms with E-state index in [-0.39, 0.29) is 6.54 Å². The zero-order valence-corrected chi connectivity index (χ0v) is 21.6. The molecule has 6 nitrogen and oxygen atoms in total. The third-order valence-electron chi connectivity index (χ3n) is 5.95. The molecule has 0 heterocycles. The predicted molar refractivity (Wildman–Crippen MR) is 128 cm³/mol. The Hall–Kier alpha value is -4.64. The van der Waals surface area contributed by atoms with Crippen LogP contribution < -0.4 is 15.0 Å². The molecule has 3 aromatic carbocycles. The molecule has 44 heavy (non-hydrogen) atoms. The number of nitrogens with zero attached hydrogens (tertiary/aromatic N) is 1. The van der Waals surface area contributed by atoms with Crippen molar-refractivity contribution in [1.82, 2.24) is 0 Å². The molecule has 0 unspecified atom stereocenters. The molecule has 0 aliphatic heterocycles. The maximum absolute atomic E-state index is 15.5. The predicted octanol–water partition coefficient (Wildman–Crippen LogP) is 7.62. The monoisotopic (exact) mass is 648 g/mol. The minimum atomic E-state index is -6.71. The van der Waals surface area contributed by atoms with Gasteiger partial charge >= 0.3 is 24.6 Å². The minimum absolute atomic E-state index is 0.365. The fourth-order valence-electron chi connectivity index (χ4n) is 3.92. The number of halogens is 12. The molecular formula is C26H16F12N2O4. The Morgan fingerprint density at radius 1 is 0.909 bits per heavy atom. The third kappa shape index (κ3) is 6.33. The van der Waals surface area contributed by atoms with E-state index in [4.69, 9.17) is 0 Å². The van der Waals surface area contributed by atoms with Gasteiger partial charge in [0.15, 0.2) is 11.6 Å². The van der Waals surface area contributed by atoms with Gasteiger partial charge in [0.05, 0.1) is 16.8 Å². The molecule has 0 radical (unpaired) electrons. The lowest BCUT2D eigenvalue weighted by Crippen LogP contribution is -2.50. The lowest BCUT2D eigenvalue weighted by molar-refractivity contribution is -0.348. The first kappa shape index (κ1) is 33.9. The van der Waals surface area contributed by atoms with E-state index in [1.807, 2.05) is 0 Å². The quantitative estimate of drug-likeness (QED) is 0.195. The second-order valence-corrected chi connectivity index (χ2v) is 8.67. The Bertz CT molecular complexity index is 1560. The van der Waals surface area contributed by atoms with Gasteiger partial charge in [0.2, 0.25) is 0 Å². The summed E-state index contributed by atoms with van der Waals surface area (Å²) in [6.07, 6.45) is -13.4. The number of nitrogens with one attached hydrogen (secondary N) is 1. The molecule has 3 rings (SSSR count). The van der Waals surface area contributed by atoms with Crippen LogP contribution in [0.4, 0.5) is 64.1 Å². The summed E-state index contributed by atoms with van der Waals surface area (Å²) in [5.74, 6) is -10.4. The van der Waals surface area contributed by atoms with Crippen molar-refractivity contribution in [3.63, 3.8) is 0 Å². The van der Waals surface area contributed by atoms with E-state index in [0.717, 1.165) is 30.3 Å². The van der Waals surface area contributed by atoms with E-state index in [2.05, 4.69) is 4.74 Å². The van der Waals surface area contributed by atoms with Crippen molar-refractivity contribution in [3.05, 3.63) is 82.7 Å². The van der Waals surface area contributed by atoms with Crippen molar-refractivity contribution in [3.8, 4) is 11.5 Å². The number of ether oxygens (including phenoxy) is 1. The molecule has 3 aromatic rings. The number of aromatic hydroxyl groups is 1. The summed E-state index contributed by atoms with van der Waals surface area (Å²) in [6.45, 7) is -3.07. The van der Waals surface area contributed by atoms with Crippen LogP contribution in [0.15, 0.2) is 48.5 Å². The number of anilines is 2. The minimum Gasteiger partial charge on any atom is -0.506 e. The molecule has 18 heteroatoms. The largest absolute Gasteiger partial charge is 0.506 e. The summed E-state index contributed by atoms with van der Waals surface area (Å²) in [7, 11) is 0. The number of phenols is 1. The lowest BCUT2D eigenvalue weighted by Gasteiger charge is -2.31.